The van der Waals surface area contributed by atoms with Crippen molar-refractivity contribution in [2.24, 2.45) is 0 Å². The van der Waals surface area contributed by atoms with Crippen molar-refractivity contribution in [1.82, 2.24) is 0 Å². The first-order valence-electron chi connectivity index (χ1n) is 6.17. The first-order valence-corrected chi connectivity index (χ1v) is 9.08. The second kappa shape index (κ2) is 5.36. The first-order chi connectivity index (χ1) is 7.67. The molecule has 0 aromatic carbocycles. The average Bonchev–Trinajstić information content (AvgIpc) is 2.55. The lowest BCUT2D eigenvalue weighted by atomic mass is 10.2. The Balaban J connectivity index is 2.46. The zero-order valence-electron chi connectivity index (χ0n) is 11.8. The fourth-order valence-corrected chi connectivity index (χ4v) is 2.51. The van der Waals surface area contributed by atoms with Gasteiger partial charge >= 0.3 is 0 Å². The van der Waals surface area contributed by atoms with Crippen molar-refractivity contribution >= 4 is 8.32 Å². The van der Waals surface area contributed by atoms with Crippen LogP contribution in [-0.2, 0) is 13.9 Å². The second-order valence-corrected chi connectivity index (χ2v) is 11.0. The number of hydrogen-bond acceptors (Lipinski definition) is 4. The minimum absolute atomic E-state index is 0.178. The molecule has 0 saturated carbocycles. The van der Waals surface area contributed by atoms with E-state index in [-0.39, 0.29) is 17.4 Å². The molecule has 1 aliphatic heterocycles. The largest absolute Gasteiger partial charge is 0.414 e. The van der Waals surface area contributed by atoms with Crippen LogP contribution in [0.25, 0.3) is 0 Å². The molecule has 1 N–H and O–H groups in total. The first kappa shape index (κ1) is 15.1. The SMILES string of the molecule is CO[C@@H]1C[C@H](O)[C@@H](CO[Si](C)(C)C(C)(C)C)O1. The summed E-state index contributed by atoms with van der Waals surface area (Å²) in [6.45, 7) is 11.4. The topological polar surface area (TPSA) is 47.9 Å². The second-order valence-electron chi connectivity index (χ2n) is 6.21. The molecular weight excluding hydrogens is 236 g/mol. The van der Waals surface area contributed by atoms with Gasteiger partial charge in [0.1, 0.15) is 6.10 Å². The van der Waals surface area contributed by atoms with Gasteiger partial charge in [0.05, 0.1) is 12.7 Å². The zero-order chi connectivity index (χ0) is 13.3. The van der Waals surface area contributed by atoms with Crippen LogP contribution >= 0.6 is 0 Å². The quantitative estimate of drug-likeness (QED) is 0.789. The number of aliphatic hydroxyl groups is 1. The molecule has 0 radical (unpaired) electrons. The van der Waals surface area contributed by atoms with E-state index in [0.717, 1.165) is 0 Å². The summed E-state index contributed by atoms with van der Waals surface area (Å²) in [6.07, 6.45) is -0.501. The molecular formula is C12H26O4Si. The molecule has 0 aromatic heterocycles. The fourth-order valence-electron chi connectivity index (χ4n) is 1.50. The highest BCUT2D eigenvalue weighted by molar-refractivity contribution is 6.74. The maximum atomic E-state index is 9.82. The minimum Gasteiger partial charge on any atom is -0.414 e. The Kier molecular flexibility index (Phi) is 4.77. The van der Waals surface area contributed by atoms with Crippen LogP contribution in [0.3, 0.4) is 0 Å². The molecule has 1 saturated heterocycles. The van der Waals surface area contributed by atoms with Gasteiger partial charge in [-0.15, -0.1) is 0 Å². The summed E-state index contributed by atoms with van der Waals surface area (Å²) >= 11 is 0. The van der Waals surface area contributed by atoms with Crippen LogP contribution in [0.5, 0.6) is 0 Å². The Morgan fingerprint density at radius 3 is 2.35 bits per heavy atom. The standard InChI is InChI=1S/C12H26O4Si/c1-12(2,3)17(5,6)15-8-10-9(13)7-11(14-4)16-10/h9-11,13H,7-8H2,1-6H3/t9-,10+,11-/m0/s1. The van der Waals surface area contributed by atoms with E-state index in [0.29, 0.717) is 13.0 Å². The third kappa shape index (κ3) is 3.76. The highest BCUT2D eigenvalue weighted by Gasteiger charge is 2.40. The monoisotopic (exact) mass is 262 g/mol. The molecule has 0 aromatic rings. The number of rotatable bonds is 4. The van der Waals surface area contributed by atoms with Crippen LogP contribution in [-0.4, -0.2) is 45.6 Å². The molecule has 5 heteroatoms. The summed E-state index contributed by atoms with van der Waals surface area (Å²) in [5.41, 5.74) is 0. The Labute approximate surface area is 105 Å². The van der Waals surface area contributed by atoms with Crippen molar-refractivity contribution in [3.05, 3.63) is 0 Å². The third-order valence-electron chi connectivity index (χ3n) is 3.87. The highest BCUT2D eigenvalue weighted by Crippen LogP contribution is 2.37. The van der Waals surface area contributed by atoms with Gasteiger partial charge in [0, 0.05) is 13.5 Å². The smallest absolute Gasteiger partial charge is 0.192 e. The van der Waals surface area contributed by atoms with E-state index in [1.54, 1.807) is 7.11 Å². The minimum atomic E-state index is -1.77. The van der Waals surface area contributed by atoms with Gasteiger partial charge in [-0.25, -0.2) is 0 Å². The summed E-state index contributed by atoms with van der Waals surface area (Å²) in [5, 5.41) is 10.00. The van der Waals surface area contributed by atoms with Crippen molar-refractivity contribution < 1.29 is 19.0 Å². The Bertz CT molecular complexity index is 249. The van der Waals surface area contributed by atoms with Crippen LogP contribution in [0, 0.1) is 0 Å². The van der Waals surface area contributed by atoms with E-state index >= 15 is 0 Å². The number of ether oxygens (including phenoxy) is 2. The molecule has 102 valence electrons. The van der Waals surface area contributed by atoms with Crippen molar-refractivity contribution in [3.63, 3.8) is 0 Å². The lowest BCUT2D eigenvalue weighted by Gasteiger charge is -2.37. The summed E-state index contributed by atoms with van der Waals surface area (Å²) < 4.78 is 16.7. The van der Waals surface area contributed by atoms with Gasteiger partial charge in [-0.05, 0) is 18.1 Å². The van der Waals surface area contributed by atoms with Gasteiger partial charge in [0.25, 0.3) is 0 Å². The van der Waals surface area contributed by atoms with Gasteiger partial charge in [0.15, 0.2) is 14.6 Å². The molecule has 1 heterocycles. The van der Waals surface area contributed by atoms with E-state index in [1.165, 1.54) is 0 Å². The van der Waals surface area contributed by atoms with Gasteiger partial charge in [-0.1, -0.05) is 20.8 Å². The molecule has 0 amide bonds. The van der Waals surface area contributed by atoms with E-state index in [2.05, 4.69) is 33.9 Å². The van der Waals surface area contributed by atoms with E-state index in [1.807, 2.05) is 0 Å². The number of methoxy groups -OCH3 is 1. The molecule has 0 spiro atoms. The lowest BCUT2D eigenvalue weighted by molar-refractivity contribution is -0.125. The van der Waals surface area contributed by atoms with Crippen molar-refractivity contribution in [2.75, 3.05) is 13.7 Å². The lowest BCUT2D eigenvalue weighted by Crippen LogP contribution is -2.43. The van der Waals surface area contributed by atoms with Crippen molar-refractivity contribution in [3.8, 4) is 0 Å². The summed E-state index contributed by atoms with van der Waals surface area (Å²) in [4.78, 5) is 0. The summed E-state index contributed by atoms with van der Waals surface area (Å²) in [6, 6.07) is 0. The normalized spacial score (nSPS) is 30.9. The van der Waals surface area contributed by atoms with Crippen molar-refractivity contribution in [2.45, 2.75) is 63.8 Å². The van der Waals surface area contributed by atoms with Crippen LogP contribution in [0.1, 0.15) is 27.2 Å². The summed E-state index contributed by atoms with van der Waals surface area (Å²) in [5.74, 6) is 0. The highest BCUT2D eigenvalue weighted by atomic mass is 28.4. The van der Waals surface area contributed by atoms with Gasteiger partial charge in [-0.3, -0.25) is 0 Å². The van der Waals surface area contributed by atoms with E-state index < -0.39 is 14.4 Å². The molecule has 0 aliphatic carbocycles. The Hall–Kier alpha value is 0.0569. The van der Waals surface area contributed by atoms with Gasteiger partial charge in [-0.2, -0.15) is 0 Å². The fraction of sp³-hybridized carbons (Fsp3) is 1.00. The van der Waals surface area contributed by atoms with E-state index in [9.17, 15) is 5.11 Å². The molecule has 1 aliphatic rings. The van der Waals surface area contributed by atoms with E-state index in [4.69, 9.17) is 13.9 Å². The molecule has 3 atom stereocenters. The molecule has 1 rings (SSSR count). The number of aliphatic hydroxyl groups excluding tert-OH is 1. The van der Waals surface area contributed by atoms with Gasteiger partial charge in [0.2, 0.25) is 0 Å². The molecule has 0 bridgehead atoms. The van der Waals surface area contributed by atoms with Crippen LogP contribution in [0.15, 0.2) is 0 Å². The molecule has 17 heavy (non-hydrogen) atoms. The number of hydrogen-bond donors (Lipinski definition) is 1. The Morgan fingerprint density at radius 2 is 1.94 bits per heavy atom. The maximum Gasteiger partial charge on any atom is 0.192 e. The predicted octanol–water partition coefficient (Wildman–Crippen LogP) is 2.13. The summed E-state index contributed by atoms with van der Waals surface area (Å²) in [7, 11) is -0.174. The zero-order valence-corrected chi connectivity index (χ0v) is 12.8. The van der Waals surface area contributed by atoms with Gasteiger partial charge < -0.3 is 19.0 Å². The third-order valence-corrected chi connectivity index (χ3v) is 8.37. The van der Waals surface area contributed by atoms with Crippen LogP contribution in [0.2, 0.25) is 18.1 Å². The maximum absolute atomic E-state index is 9.82. The van der Waals surface area contributed by atoms with Crippen LogP contribution in [0.4, 0.5) is 0 Å². The van der Waals surface area contributed by atoms with Crippen LogP contribution < -0.4 is 0 Å². The molecule has 4 nitrogen and oxygen atoms in total. The molecule has 0 unspecified atom stereocenters. The molecule has 1 fully saturated rings. The Morgan fingerprint density at radius 1 is 1.35 bits per heavy atom. The predicted molar refractivity (Wildman–Crippen MR) is 69.4 cm³/mol. The average molecular weight is 262 g/mol. The van der Waals surface area contributed by atoms with Crippen molar-refractivity contribution in [1.29, 1.82) is 0 Å².